The van der Waals surface area contributed by atoms with E-state index < -0.39 is 0 Å². The van der Waals surface area contributed by atoms with Crippen LogP contribution in [0.25, 0.3) is 10.9 Å². The fourth-order valence-corrected chi connectivity index (χ4v) is 2.86. The number of fused-ring (bicyclic) bond motifs is 1. The summed E-state index contributed by atoms with van der Waals surface area (Å²) in [7, 11) is 0. The molecule has 0 atom stereocenters. The summed E-state index contributed by atoms with van der Waals surface area (Å²) >= 11 is 1.50. The number of Topliss-reactive ketones (excluding diaryl/α,β-unsaturated/α-hetero) is 1. The molecule has 3 heteroatoms. The number of hydrogen-bond acceptors (Lipinski definition) is 2. The Balaban J connectivity index is 1.99. The minimum atomic E-state index is 0.160. The molecule has 0 unspecified atom stereocenters. The standard InChI is InChI=1S/C16H14NOS/c1-12-6-7-14-13(10-12)4-2-8-17(14)11-15(18)16-5-3-9-19-16/h2-10H,11H2,1H3/q+1. The monoisotopic (exact) mass is 268 g/mol. The quantitative estimate of drug-likeness (QED) is 0.527. The number of carbonyl (C=O) groups is 1. The van der Waals surface area contributed by atoms with Gasteiger partial charge in [0.05, 0.1) is 4.88 Å². The third-order valence-corrected chi connectivity index (χ3v) is 4.06. The van der Waals surface area contributed by atoms with E-state index in [4.69, 9.17) is 0 Å². The van der Waals surface area contributed by atoms with Crippen molar-refractivity contribution in [3.8, 4) is 0 Å². The Labute approximate surface area is 115 Å². The number of thiophene rings is 1. The van der Waals surface area contributed by atoms with Gasteiger partial charge in [0.25, 0.3) is 0 Å². The molecular formula is C16H14NOS+. The molecule has 3 rings (SSSR count). The van der Waals surface area contributed by atoms with E-state index in [2.05, 4.69) is 31.2 Å². The zero-order chi connectivity index (χ0) is 13.2. The zero-order valence-electron chi connectivity index (χ0n) is 10.7. The molecule has 2 aromatic heterocycles. The van der Waals surface area contributed by atoms with Crippen LogP contribution in [0.4, 0.5) is 0 Å². The molecule has 0 spiro atoms. The van der Waals surface area contributed by atoms with Gasteiger partial charge in [0, 0.05) is 17.5 Å². The van der Waals surface area contributed by atoms with Crippen LogP contribution in [0.3, 0.4) is 0 Å². The normalized spacial score (nSPS) is 10.8. The number of aryl methyl sites for hydroxylation is 1. The first-order valence-corrected chi connectivity index (χ1v) is 7.07. The van der Waals surface area contributed by atoms with E-state index in [-0.39, 0.29) is 5.78 Å². The zero-order valence-corrected chi connectivity index (χ0v) is 11.5. The van der Waals surface area contributed by atoms with Crippen molar-refractivity contribution < 1.29 is 9.36 Å². The Bertz CT molecular complexity index is 732. The topological polar surface area (TPSA) is 20.9 Å². The summed E-state index contributed by atoms with van der Waals surface area (Å²) in [4.78, 5) is 13.0. The lowest BCUT2D eigenvalue weighted by molar-refractivity contribution is -0.657. The van der Waals surface area contributed by atoms with Gasteiger partial charge in [-0.05, 0) is 30.5 Å². The minimum Gasteiger partial charge on any atom is -0.286 e. The highest BCUT2D eigenvalue weighted by molar-refractivity contribution is 7.12. The summed E-state index contributed by atoms with van der Waals surface area (Å²) in [5, 5.41) is 3.10. The second-order valence-electron chi connectivity index (χ2n) is 4.60. The van der Waals surface area contributed by atoms with Crippen molar-refractivity contribution in [3.63, 3.8) is 0 Å². The highest BCUT2D eigenvalue weighted by Crippen LogP contribution is 2.13. The molecule has 0 saturated heterocycles. The van der Waals surface area contributed by atoms with Gasteiger partial charge >= 0.3 is 0 Å². The highest BCUT2D eigenvalue weighted by Gasteiger charge is 2.15. The number of pyridine rings is 1. The van der Waals surface area contributed by atoms with Crippen molar-refractivity contribution >= 4 is 28.0 Å². The van der Waals surface area contributed by atoms with Gasteiger partial charge < -0.3 is 0 Å². The molecule has 0 radical (unpaired) electrons. The van der Waals surface area contributed by atoms with Crippen LogP contribution in [0.2, 0.25) is 0 Å². The van der Waals surface area contributed by atoms with Gasteiger partial charge in [-0.25, -0.2) is 0 Å². The first kappa shape index (κ1) is 12.1. The molecule has 0 fully saturated rings. The maximum atomic E-state index is 12.2. The molecular weight excluding hydrogens is 254 g/mol. The van der Waals surface area contributed by atoms with Crippen LogP contribution in [0.5, 0.6) is 0 Å². The van der Waals surface area contributed by atoms with Crippen LogP contribution in [0.1, 0.15) is 15.2 Å². The van der Waals surface area contributed by atoms with Crippen LogP contribution >= 0.6 is 11.3 Å². The van der Waals surface area contributed by atoms with Crippen molar-refractivity contribution in [2.24, 2.45) is 0 Å². The number of nitrogens with zero attached hydrogens (tertiary/aromatic N) is 1. The van der Waals surface area contributed by atoms with Gasteiger partial charge in [0.2, 0.25) is 17.8 Å². The molecule has 0 bridgehead atoms. The molecule has 0 aliphatic rings. The molecule has 2 heterocycles. The molecule has 19 heavy (non-hydrogen) atoms. The molecule has 0 aliphatic heterocycles. The SMILES string of the molecule is Cc1ccc2c(ccc[n+]2CC(=O)c2cccs2)c1. The van der Waals surface area contributed by atoms with Gasteiger partial charge in [0.1, 0.15) is 0 Å². The third-order valence-electron chi connectivity index (χ3n) is 3.14. The van der Waals surface area contributed by atoms with E-state index in [0.29, 0.717) is 6.54 Å². The van der Waals surface area contributed by atoms with Gasteiger partial charge in [-0.2, -0.15) is 4.57 Å². The average Bonchev–Trinajstić information content (AvgIpc) is 2.92. The third kappa shape index (κ3) is 2.42. The summed E-state index contributed by atoms with van der Waals surface area (Å²) in [6.07, 6.45) is 1.96. The number of rotatable bonds is 3. The van der Waals surface area contributed by atoms with E-state index in [0.717, 1.165) is 10.4 Å². The van der Waals surface area contributed by atoms with E-state index in [9.17, 15) is 4.79 Å². The predicted molar refractivity (Wildman–Crippen MR) is 77.5 cm³/mol. The lowest BCUT2D eigenvalue weighted by Gasteiger charge is -2.01. The Kier molecular flexibility index (Phi) is 3.13. The van der Waals surface area contributed by atoms with Gasteiger partial charge in [-0.1, -0.05) is 17.7 Å². The number of aromatic nitrogens is 1. The van der Waals surface area contributed by atoms with Crippen molar-refractivity contribution in [2.75, 3.05) is 0 Å². The summed E-state index contributed by atoms with van der Waals surface area (Å²) < 4.78 is 2.01. The van der Waals surface area contributed by atoms with Crippen molar-refractivity contribution in [1.29, 1.82) is 0 Å². The molecule has 0 amide bonds. The number of ketones is 1. The Morgan fingerprint density at radius 3 is 2.89 bits per heavy atom. The smallest absolute Gasteiger partial charge is 0.237 e. The second-order valence-corrected chi connectivity index (χ2v) is 5.55. The number of carbonyl (C=O) groups excluding carboxylic acids is 1. The van der Waals surface area contributed by atoms with Crippen LogP contribution < -0.4 is 4.57 Å². The second kappa shape index (κ2) is 4.94. The first-order valence-electron chi connectivity index (χ1n) is 6.19. The first-order chi connectivity index (χ1) is 9.24. The van der Waals surface area contributed by atoms with Crippen LogP contribution in [0.15, 0.2) is 54.0 Å². The molecule has 94 valence electrons. The largest absolute Gasteiger partial charge is 0.286 e. The summed E-state index contributed by atoms with van der Waals surface area (Å²) in [5.41, 5.74) is 2.33. The molecule has 2 nitrogen and oxygen atoms in total. The minimum absolute atomic E-state index is 0.160. The fraction of sp³-hybridized carbons (Fsp3) is 0.125. The summed E-state index contributed by atoms with van der Waals surface area (Å²) in [5.74, 6) is 0.160. The van der Waals surface area contributed by atoms with E-state index in [1.165, 1.54) is 22.3 Å². The van der Waals surface area contributed by atoms with Crippen molar-refractivity contribution in [1.82, 2.24) is 0 Å². The van der Waals surface area contributed by atoms with E-state index in [1.54, 1.807) is 0 Å². The van der Waals surface area contributed by atoms with E-state index >= 15 is 0 Å². The van der Waals surface area contributed by atoms with Crippen LogP contribution in [-0.4, -0.2) is 5.78 Å². The molecule has 0 saturated carbocycles. The van der Waals surface area contributed by atoms with Crippen LogP contribution in [-0.2, 0) is 6.54 Å². The van der Waals surface area contributed by atoms with Crippen molar-refractivity contribution in [2.45, 2.75) is 13.5 Å². The lowest BCUT2D eigenvalue weighted by Crippen LogP contribution is -2.38. The average molecular weight is 268 g/mol. The summed E-state index contributed by atoms with van der Waals surface area (Å²) in [6, 6.07) is 14.2. The highest BCUT2D eigenvalue weighted by atomic mass is 32.1. The van der Waals surface area contributed by atoms with Crippen molar-refractivity contribution in [3.05, 3.63) is 64.5 Å². The molecule has 1 aromatic carbocycles. The summed E-state index contributed by atoms with van der Waals surface area (Å²) in [6.45, 7) is 2.47. The van der Waals surface area contributed by atoms with Gasteiger partial charge in [-0.3, -0.25) is 4.79 Å². The number of hydrogen-bond donors (Lipinski definition) is 0. The van der Waals surface area contributed by atoms with E-state index in [1.807, 2.05) is 34.3 Å². The fourth-order valence-electron chi connectivity index (χ4n) is 2.21. The Morgan fingerprint density at radius 1 is 1.21 bits per heavy atom. The van der Waals surface area contributed by atoms with Gasteiger partial charge in [-0.15, -0.1) is 11.3 Å². The number of benzene rings is 1. The Hall–Kier alpha value is -2.00. The molecule has 0 aliphatic carbocycles. The maximum absolute atomic E-state index is 12.2. The Morgan fingerprint density at radius 2 is 2.11 bits per heavy atom. The predicted octanol–water partition coefficient (Wildman–Crippen LogP) is 3.38. The van der Waals surface area contributed by atoms with Crippen LogP contribution in [0, 0.1) is 6.92 Å². The maximum Gasteiger partial charge on any atom is 0.237 e. The lowest BCUT2D eigenvalue weighted by atomic mass is 10.1. The molecule has 0 N–H and O–H groups in total. The van der Waals surface area contributed by atoms with Gasteiger partial charge in [0.15, 0.2) is 6.20 Å². The molecule has 3 aromatic rings.